The van der Waals surface area contributed by atoms with Gasteiger partial charge in [0.1, 0.15) is 34.4 Å². The van der Waals surface area contributed by atoms with Gasteiger partial charge in [-0.15, -0.1) is 0 Å². The number of fused-ring (bicyclic) bond motifs is 1. The summed E-state index contributed by atoms with van der Waals surface area (Å²) in [5.74, 6) is -1.85. The van der Waals surface area contributed by atoms with Gasteiger partial charge < -0.3 is 25.2 Å². The minimum atomic E-state index is -1.18. The Morgan fingerprint density at radius 3 is 2.36 bits per heavy atom. The van der Waals surface area contributed by atoms with Crippen LogP contribution in [0.15, 0.2) is 48.7 Å². The fourth-order valence-corrected chi connectivity index (χ4v) is 3.82. The predicted molar refractivity (Wildman–Crippen MR) is 130 cm³/mol. The smallest absolute Gasteiger partial charge is 0.339 e. The highest BCUT2D eigenvalue weighted by Crippen LogP contribution is 2.47. The molecule has 0 spiro atoms. The Balaban J connectivity index is 1.45. The molecule has 1 fully saturated rings. The number of aromatic carboxylic acids is 1. The molecule has 0 radical (unpaired) electrons. The fourth-order valence-electron chi connectivity index (χ4n) is 3.82. The van der Waals surface area contributed by atoms with Crippen LogP contribution >= 0.6 is 0 Å². The number of aromatic nitrogens is 1. The topological polar surface area (TPSA) is 127 Å². The summed E-state index contributed by atoms with van der Waals surface area (Å²) in [6, 6.07) is 9.43. The molecule has 0 bridgehead atoms. The summed E-state index contributed by atoms with van der Waals surface area (Å²) in [6.07, 6.45) is 1.82. The van der Waals surface area contributed by atoms with Crippen LogP contribution in [0.4, 0.5) is 10.1 Å². The summed E-state index contributed by atoms with van der Waals surface area (Å²) in [5, 5.41) is 15.5. The van der Waals surface area contributed by atoms with E-state index >= 15 is 0 Å². The van der Waals surface area contributed by atoms with E-state index in [1.165, 1.54) is 49.7 Å². The predicted octanol–water partition coefficient (Wildman–Crippen LogP) is 3.77. The number of hydrogen-bond acceptors (Lipinski definition) is 6. The number of benzene rings is 2. The zero-order valence-corrected chi connectivity index (χ0v) is 20.0. The highest BCUT2D eigenvalue weighted by Gasteiger charge is 2.56. The van der Waals surface area contributed by atoms with E-state index in [-0.39, 0.29) is 11.3 Å². The van der Waals surface area contributed by atoms with Gasteiger partial charge in [-0.1, -0.05) is 0 Å². The summed E-state index contributed by atoms with van der Waals surface area (Å²) >= 11 is 0. The third-order valence-electron chi connectivity index (χ3n) is 6.35. The van der Waals surface area contributed by atoms with Gasteiger partial charge in [0.15, 0.2) is 0 Å². The van der Waals surface area contributed by atoms with Crippen LogP contribution in [0.3, 0.4) is 0 Å². The summed E-state index contributed by atoms with van der Waals surface area (Å²) in [4.78, 5) is 41.7. The highest BCUT2D eigenvalue weighted by atomic mass is 19.1. The lowest BCUT2D eigenvalue weighted by Gasteiger charge is -2.25. The van der Waals surface area contributed by atoms with Crippen molar-refractivity contribution >= 4 is 34.4 Å². The molecule has 9 nitrogen and oxygen atoms in total. The molecule has 1 unspecified atom stereocenters. The van der Waals surface area contributed by atoms with E-state index in [4.69, 9.17) is 9.47 Å². The number of ether oxygens (including phenoxy) is 2. The summed E-state index contributed by atoms with van der Waals surface area (Å²) < 4.78 is 24.4. The van der Waals surface area contributed by atoms with Gasteiger partial charge in [-0.3, -0.25) is 14.6 Å². The molecule has 3 aromatic rings. The van der Waals surface area contributed by atoms with Crippen molar-refractivity contribution in [3.8, 4) is 11.5 Å². The largest absolute Gasteiger partial charge is 0.496 e. The number of nitrogens with zero attached hydrogens (tertiary/aromatic N) is 1. The van der Waals surface area contributed by atoms with E-state index < -0.39 is 41.2 Å². The van der Waals surface area contributed by atoms with Gasteiger partial charge in [-0.05, 0) is 63.1 Å². The average Bonchev–Trinajstić information content (AvgIpc) is 3.67. The first-order valence-corrected chi connectivity index (χ1v) is 11.4. The van der Waals surface area contributed by atoms with E-state index in [1.54, 1.807) is 19.9 Å². The van der Waals surface area contributed by atoms with Crippen LogP contribution in [0.2, 0.25) is 0 Å². The number of methoxy groups -OCH3 is 1. The number of pyridine rings is 1. The first kappa shape index (κ1) is 24.9. The number of rotatable bonds is 9. The number of hydrogen-bond donors (Lipinski definition) is 3. The number of carboxylic acids is 1. The van der Waals surface area contributed by atoms with Crippen LogP contribution in [0.25, 0.3) is 10.9 Å². The number of carboxylic acid groups (broad SMARTS) is 1. The van der Waals surface area contributed by atoms with Gasteiger partial charge in [-0.25, -0.2) is 9.18 Å². The van der Waals surface area contributed by atoms with E-state index in [1.807, 2.05) is 0 Å². The van der Waals surface area contributed by atoms with Crippen molar-refractivity contribution in [1.29, 1.82) is 0 Å². The standard InChI is InChI=1S/C26H26FN3O6/c1-14(29-24(33)26(9-10-26)25(34)30-17-6-4-16(27)5-7-17)15(2)36-21-8-11-28-20-13-22(35-3)19(23(31)32)12-18(20)21/h4-8,11-15H,9-10H2,1-3H3,(H,29,33)(H,30,34)(H,31,32)/t14-,15?/m1/s1. The molecule has 1 saturated carbocycles. The quantitative estimate of drug-likeness (QED) is 0.386. The van der Waals surface area contributed by atoms with Crippen molar-refractivity contribution < 1.29 is 33.4 Å². The third kappa shape index (κ3) is 4.93. The van der Waals surface area contributed by atoms with Gasteiger partial charge in [0.05, 0.1) is 18.7 Å². The normalized spacial score (nSPS) is 15.4. The van der Waals surface area contributed by atoms with Gasteiger partial charge in [0.25, 0.3) is 0 Å². The second-order valence-corrected chi connectivity index (χ2v) is 8.81. The molecule has 0 aliphatic heterocycles. The third-order valence-corrected chi connectivity index (χ3v) is 6.35. The molecule has 2 amide bonds. The average molecular weight is 496 g/mol. The molecule has 0 saturated heterocycles. The van der Waals surface area contributed by atoms with E-state index in [0.29, 0.717) is 35.2 Å². The van der Waals surface area contributed by atoms with Gasteiger partial charge in [0, 0.05) is 23.3 Å². The molecule has 3 N–H and O–H groups in total. The number of halogens is 1. The molecule has 1 aliphatic rings. The van der Waals surface area contributed by atoms with Crippen LogP contribution in [0.5, 0.6) is 11.5 Å². The number of carbonyl (C=O) groups is 3. The lowest BCUT2D eigenvalue weighted by Crippen LogP contribution is -2.48. The van der Waals surface area contributed by atoms with E-state index in [2.05, 4.69) is 15.6 Å². The molecule has 10 heteroatoms. The molecule has 2 atom stereocenters. The summed E-state index contributed by atoms with van der Waals surface area (Å²) in [7, 11) is 1.38. The second kappa shape index (κ2) is 9.80. The van der Waals surface area contributed by atoms with Crippen molar-refractivity contribution in [2.24, 2.45) is 5.41 Å². The molecule has 36 heavy (non-hydrogen) atoms. The Morgan fingerprint density at radius 2 is 1.75 bits per heavy atom. The SMILES string of the molecule is COc1cc2nccc(OC(C)[C@@H](C)NC(=O)C3(C(=O)Nc4ccc(F)cc4)CC3)c2cc1C(=O)O. The molecule has 2 aromatic carbocycles. The molecule has 4 rings (SSSR count). The van der Waals surface area contributed by atoms with Gasteiger partial charge >= 0.3 is 5.97 Å². The first-order valence-electron chi connectivity index (χ1n) is 11.4. The Bertz CT molecular complexity index is 1320. The Hall–Kier alpha value is -4.21. The lowest BCUT2D eigenvalue weighted by molar-refractivity contribution is -0.135. The molecule has 1 aliphatic carbocycles. The minimum Gasteiger partial charge on any atom is -0.496 e. The molecule has 1 heterocycles. The summed E-state index contributed by atoms with van der Waals surface area (Å²) in [6.45, 7) is 3.52. The van der Waals surface area contributed by atoms with Crippen molar-refractivity contribution in [3.63, 3.8) is 0 Å². The molecular weight excluding hydrogens is 469 g/mol. The number of anilines is 1. The van der Waals surface area contributed by atoms with E-state index in [9.17, 15) is 23.9 Å². The van der Waals surface area contributed by atoms with Gasteiger partial charge in [0.2, 0.25) is 11.8 Å². The van der Waals surface area contributed by atoms with Crippen molar-refractivity contribution in [1.82, 2.24) is 10.3 Å². The zero-order valence-electron chi connectivity index (χ0n) is 20.0. The monoisotopic (exact) mass is 495 g/mol. The fraction of sp³-hybridized carbons (Fsp3) is 0.308. The van der Waals surface area contributed by atoms with Crippen LogP contribution in [0.1, 0.15) is 37.0 Å². The first-order chi connectivity index (χ1) is 17.1. The van der Waals surface area contributed by atoms with Crippen LogP contribution in [-0.2, 0) is 9.59 Å². The highest BCUT2D eigenvalue weighted by molar-refractivity contribution is 6.13. The van der Waals surface area contributed by atoms with Crippen LogP contribution < -0.4 is 20.1 Å². The number of carbonyl (C=O) groups excluding carboxylic acids is 2. The van der Waals surface area contributed by atoms with Crippen LogP contribution in [0, 0.1) is 11.2 Å². The maximum atomic E-state index is 13.1. The maximum absolute atomic E-state index is 13.1. The summed E-state index contributed by atoms with van der Waals surface area (Å²) in [5.41, 5.74) is -0.307. The Kier molecular flexibility index (Phi) is 6.78. The Morgan fingerprint density at radius 1 is 1.06 bits per heavy atom. The zero-order chi connectivity index (χ0) is 26.0. The minimum absolute atomic E-state index is 0.0281. The molecule has 1 aromatic heterocycles. The Labute approximate surface area is 206 Å². The van der Waals surface area contributed by atoms with E-state index in [0.717, 1.165) is 0 Å². The van der Waals surface area contributed by atoms with Gasteiger partial charge in [-0.2, -0.15) is 0 Å². The molecular formula is C26H26FN3O6. The number of nitrogens with one attached hydrogen (secondary N) is 2. The number of amides is 2. The van der Waals surface area contributed by atoms with Crippen LogP contribution in [-0.4, -0.2) is 47.1 Å². The lowest BCUT2D eigenvalue weighted by atomic mass is 10.0. The van der Waals surface area contributed by atoms with Crippen molar-refractivity contribution in [2.75, 3.05) is 12.4 Å². The van der Waals surface area contributed by atoms with Crippen molar-refractivity contribution in [3.05, 3.63) is 60.0 Å². The maximum Gasteiger partial charge on any atom is 0.339 e. The van der Waals surface area contributed by atoms with Crippen molar-refractivity contribution in [2.45, 2.75) is 38.8 Å². The molecule has 188 valence electrons. The second-order valence-electron chi connectivity index (χ2n) is 8.81.